The molecule has 1 aromatic rings. The van der Waals surface area contributed by atoms with E-state index in [1.54, 1.807) is 17.3 Å². The molecule has 0 atom stereocenters. The molecule has 0 bridgehead atoms. The van der Waals surface area contributed by atoms with Gasteiger partial charge in [-0.2, -0.15) is 0 Å². The van der Waals surface area contributed by atoms with Crippen molar-refractivity contribution in [3.8, 4) is 11.8 Å². The molecule has 0 saturated carbocycles. The predicted molar refractivity (Wildman–Crippen MR) is 57.3 cm³/mol. The summed E-state index contributed by atoms with van der Waals surface area (Å²) in [6.45, 7) is 0.159. The van der Waals surface area contributed by atoms with Crippen LogP contribution in [0.4, 0.5) is 5.95 Å². The average molecular weight is 202 g/mol. The van der Waals surface area contributed by atoms with Crippen LogP contribution in [0.1, 0.15) is 5.56 Å². The Morgan fingerprint density at radius 1 is 1.47 bits per heavy atom. The lowest BCUT2D eigenvalue weighted by Crippen LogP contribution is -2.12. The predicted octanol–water partition coefficient (Wildman–Crippen LogP) is 1.20. The van der Waals surface area contributed by atoms with Crippen LogP contribution < -0.4 is 4.90 Å². The van der Waals surface area contributed by atoms with E-state index in [1.807, 2.05) is 14.1 Å². The maximum absolute atomic E-state index is 8.02. The molecule has 0 aliphatic heterocycles. The standard InChI is InChI=1S/C9H10N6/c1-15(2)9-11-6-8(7-12-9)4-3-5-13-14-10/h6-7H,5H2,1-2H3. The Balaban J connectivity index is 2.70. The van der Waals surface area contributed by atoms with Crippen LogP contribution in [0, 0.1) is 11.8 Å². The zero-order valence-electron chi connectivity index (χ0n) is 8.55. The Morgan fingerprint density at radius 2 is 2.13 bits per heavy atom. The first-order chi connectivity index (χ1) is 7.24. The van der Waals surface area contributed by atoms with Crippen molar-refractivity contribution in [3.63, 3.8) is 0 Å². The van der Waals surface area contributed by atoms with Crippen LogP contribution in [0.25, 0.3) is 10.4 Å². The first-order valence-corrected chi connectivity index (χ1v) is 4.23. The van der Waals surface area contributed by atoms with E-state index in [4.69, 9.17) is 5.53 Å². The van der Waals surface area contributed by atoms with Gasteiger partial charge in [0.25, 0.3) is 0 Å². The molecule has 15 heavy (non-hydrogen) atoms. The smallest absolute Gasteiger partial charge is 0.224 e. The number of aromatic nitrogens is 2. The van der Waals surface area contributed by atoms with E-state index >= 15 is 0 Å². The zero-order chi connectivity index (χ0) is 11.1. The first kappa shape index (κ1) is 10.8. The number of anilines is 1. The monoisotopic (exact) mass is 202 g/mol. The fourth-order valence-corrected chi connectivity index (χ4v) is 0.825. The molecule has 0 aromatic carbocycles. The molecule has 0 amide bonds. The van der Waals surface area contributed by atoms with Crippen molar-refractivity contribution in [2.24, 2.45) is 5.11 Å². The van der Waals surface area contributed by atoms with Gasteiger partial charge in [-0.3, -0.25) is 0 Å². The maximum Gasteiger partial charge on any atom is 0.224 e. The molecule has 6 heteroatoms. The SMILES string of the molecule is CN(C)c1ncc(C#CCN=[N+]=[N-])cn1. The third-order valence-corrected chi connectivity index (χ3v) is 1.48. The third-order valence-electron chi connectivity index (χ3n) is 1.48. The summed E-state index contributed by atoms with van der Waals surface area (Å²) in [5.74, 6) is 6.11. The van der Waals surface area contributed by atoms with E-state index in [9.17, 15) is 0 Å². The summed E-state index contributed by atoms with van der Waals surface area (Å²) in [7, 11) is 3.73. The van der Waals surface area contributed by atoms with E-state index < -0.39 is 0 Å². The third kappa shape index (κ3) is 3.55. The van der Waals surface area contributed by atoms with Gasteiger partial charge in [0, 0.05) is 31.4 Å². The molecule has 1 rings (SSSR count). The number of hydrogen-bond donors (Lipinski definition) is 0. The lowest BCUT2D eigenvalue weighted by molar-refractivity contribution is 0.995. The summed E-state index contributed by atoms with van der Waals surface area (Å²) in [4.78, 5) is 12.6. The minimum Gasteiger partial charge on any atom is -0.347 e. The topological polar surface area (TPSA) is 77.8 Å². The number of azide groups is 1. The molecule has 0 saturated heterocycles. The summed E-state index contributed by atoms with van der Waals surface area (Å²) in [6.07, 6.45) is 3.26. The molecule has 0 aliphatic rings. The van der Waals surface area contributed by atoms with Crippen molar-refractivity contribution in [3.05, 3.63) is 28.4 Å². The highest BCUT2D eigenvalue weighted by Crippen LogP contribution is 2.01. The summed E-state index contributed by atoms with van der Waals surface area (Å²) in [6, 6.07) is 0. The van der Waals surface area contributed by atoms with Crippen molar-refractivity contribution in [2.75, 3.05) is 25.5 Å². The fourth-order valence-electron chi connectivity index (χ4n) is 0.825. The van der Waals surface area contributed by atoms with Gasteiger partial charge in [0.1, 0.15) is 0 Å². The Kier molecular flexibility index (Phi) is 3.95. The summed E-state index contributed by atoms with van der Waals surface area (Å²) < 4.78 is 0. The molecule has 6 nitrogen and oxygen atoms in total. The average Bonchev–Trinajstić information content (AvgIpc) is 2.25. The normalized spacial score (nSPS) is 8.40. The van der Waals surface area contributed by atoms with Gasteiger partial charge in [-0.05, 0) is 5.53 Å². The van der Waals surface area contributed by atoms with Gasteiger partial charge in [0.15, 0.2) is 0 Å². The molecule has 0 radical (unpaired) electrons. The van der Waals surface area contributed by atoms with Crippen LogP contribution in [-0.4, -0.2) is 30.6 Å². The maximum atomic E-state index is 8.02. The zero-order valence-corrected chi connectivity index (χ0v) is 8.55. The molecular weight excluding hydrogens is 192 g/mol. The number of hydrogen-bond acceptors (Lipinski definition) is 4. The highest BCUT2D eigenvalue weighted by molar-refractivity contribution is 5.34. The largest absolute Gasteiger partial charge is 0.347 e. The lowest BCUT2D eigenvalue weighted by Gasteiger charge is -2.07. The summed E-state index contributed by atoms with van der Waals surface area (Å²) in [5, 5.41) is 3.29. The van der Waals surface area contributed by atoms with Crippen molar-refractivity contribution < 1.29 is 0 Å². The van der Waals surface area contributed by atoms with Gasteiger partial charge in [-0.15, -0.1) is 0 Å². The van der Waals surface area contributed by atoms with Gasteiger partial charge < -0.3 is 4.90 Å². The van der Waals surface area contributed by atoms with Crippen molar-refractivity contribution in [1.82, 2.24) is 9.97 Å². The number of nitrogens with zero attached hydrogens (tertiary/aromatic N) is 6. The van der Waals surface area contributed by atoms with Crippen molar-refractivity contribution in [1.29, 1.82) is 0 Å². The molecule has 0 N–H and O–H groups in total. The summed E-state index contributed by atoms with van der Waals surface area (Å²) >= 11 is 0. The van der Waals surface area contributed by atoms with Crippen LogP contribution in [-0.2, 0) is 0 Å². The minimum atomic E-state index is 0.159. The Hall–Kier alpha value is -2.25. The van der Waals surface area contributed by atoms with Gasteiger partial charge in [-0.25, -0.2) is 9.97 Å². The van der Waals surface area contributed by atoms with Gasteiger partial charge in [0.05, 0.1) is 12.1 Å². The Bertz CT molecular complexity index is 418. The molecular formula is C9H10N6. The van der Waals surface area contributed by atoms with E-state index in [0.29, 0.717) is 11.5 Å². The molecule has 0 aliphatic carbocycles. The molecule has 1 heterocycles. The Morgan fingerprint density at radius 3 is 2.67 bits per heavy atom. The van der Waals surface area contributed by atoms with Crippen LogP contribution in [0.5, 0.6) is 0 Å². The highest BCUT2D eigenvalue weighted by Gasteiger charge is 1.96. The second-order valence-corrected chi connectivity index (χ2v) is 2.86. The first-order valence-electron chi connectivity index (χ1n) is 4.23. The van der Waals surface area contributed by atoms with E-state index in [1.165, 1.54) is 0 Å². The second-order valence-electron chi connectivity index (χ2n) is 2.86. The van der Waals surface area contributed by atoms with Crippen LogP contribution in [0.2, 0.25) is 0 Å². The van der Waals surface area contributed by atoms with Crippen LogP contribution in [0.15, 0.2) is 17.5 Å². The van der Waals surface area contributed by atoms with Crippen LogP contribution in [0.3, 0.4) is 0 Å². The lowest BCUT2D eigenvalue weighted by atomic mass is 10.3. The molecule has 0 fully saturated rings. The van der Waals surface area contributed by atoms with Gasteiger partial charge in [-0.1, -0.05) is 17.0 Å². The van der Waals surface area contributed by atoms with Gasteiger partial charge >= 0.3 is 0 Å². The van der Waals surface area contributed by atoms with Crippen molar-refractivity contribution >= 4 is 5.95 Å². The van der Waals surface area contributed by atoms with Crippen LogP contribution >= 0.6 is 0 Å². The fraction of sp³-hybridized carbons (Fsp3) is 0.333. The molecule has 0 unspecified atom stereocenters. The van der Waals surface area contributed by atoms with E-state index in [-0.39, 0.29) is 6.54 Å². The number of rotatable bonds is 2. The van der Waals surface area contributed by atoms with E-state index in [2.05, 4.69) is 31.8 Å². The Labute approximate surface area is 87.6 Å². The molecule has 1 aromatic heterocycles. The highest BCUT2D eigenvalue weighted by atomic mass is 15.2. The summed E-state index contributed by atoms with van der Waals surface area (Å²) in [5.41, 5.74) is 8.72. The van der Waals surface area contributed by atoms with E-state index in [0.717, 1.165) is 0 Å². The quantitative estimate of drug-likeness (QED) is 0.313. The molecule has 0 spiro atoms. The van der Waals surface area contributed by atoms with Crippen molar-refractivity contribution in [2.45, 2.75) is 0 Å². The second kappa shape index (κ2) is 5.47. The minimum absolute atomic E-state index is 0.159. The van der Waals surface area contributed by atoms with Gasteiger partial charge in [0.2, 0.25) is 5.95 Å². The molecule has 76 valence electrons.